The first-order valence-electron chi connectivity index (χ1n) is 9.64. The number of benzene rings is 2. The molecule has 1 amide bonds. The summed E-state index contributed by atoms with van der Waals surface area (Å²) in [7, 11) is -1.73. The predicted molar refractivity (Wildman–Crippen MR) is 107 cm³/mol. The zero-order valence-electron chi connectivity index (χ0n) is 16.3. The first kappa shape index (κ1) is 19.7. The number of ether oxygens (including phenoxy) is 2. The van der Waals surface area contributed by atoms with Crippen molar-refractivity contribution in [2.24, 2.45) is 5.92 Å². The van der Waals surface area contributed by atoms with E-state index in [1.54, 1.807) is 42.3 Å². The summed E-state index contributed by atoms with van der Waals surface area (Å²) < 4.78 is 37.7. The van der Waals surface area contributed by atoms with Crippen LogP contribution >= 0.6 is 0 Å². The predicted octanol–water partition coefficient (Wildman–Crippen LogP) is 2.47. The van der Waals surface area contributed by atoms with Crippen LogP contribution in [-0.2, 0) is 21.4 Å². The van der Waals surface area contributed by atoms with E-state index in [4.69, 9.17) is 9.47 Å². The zero-order valence-corrected chi connectivity index (χ0v) is 17.1. The van der Waals surface area contributed by atoms with E-state index in [2.05, 4.69) is 0 Å². The maximum Gasteiger partial charge on any atom is 0.243 e. The topological polar surface area (TPSA) is 76.2 Å². The number of amides is 1. The van der Waals surface area contributed by atoms with Gasteiger partial charge in [0.25, 0.3) is 0 Å². The lowest BCUT2D eigenvalue weighted by atomic mass is 9.96. The van der Waals surface area contributed by atoms with E-state index in [-0.39, 0.29) is 18.6 Å². The van der Waals surface area contributed by atoms with Gasteiger partial charge in [0.05, 0.1) is 4.90 Å². The molecule has 0 atom stereocenters. The molecule has 4 rings (SSSR count). The van der Waals surface area contributed by atoms with Crippen LogP contribution in [0.1, 0.15) is 18.4 Å². The van der Waals surface area contributed by atoms with Crippen LogP contribution in [-0.4, -0.2) is 50.5 Å². The molecule has 0 unspecified atom stereocenters. The van der Waals surface area contributed by atoms with Gasteiger partial charge in [0.15, 0.2) is 11.5 Å². The molecular weight excluding hydrogens is 392 g/mol. The molecule has 2 aliphatic heterocycles. The second kappa shape index (κ2) is 8.04. The van der Waals surface area contributed by atoms with Crippen molar-refractivity contribution in [3.8, 4) is 11.5 Å². The SMILES string of the molecule is CN(Cc1ccc2c(c1)OCO2)C(=O)C1CCN(S(=O)(=O)c2ccccc2)CC1. The van der Waals surface area contributed by atoms with Gasteiger partial charge in [-0.25, -0.2) is 8.42 Å². The molecule has 2 aliphatic rings. The number of carbonyl (C=O) groups is 1. The van der Waals surface area contributed by atoms with E-state index in [9.17, 15) is 13.2 Å². The molecule has 7 nitrogen and oxygen atoms in total. The minimum atomic E-state index is -3.50. The largest absolute Gasteiger partial charge is 0.454 e. The Kier molecular flexibility index (Phi) is 5.47. The molecule has 0 radical (unpaired) electrons. The average Bonchev–Trinajstić information content (AvgIpc) is 3.22. The Morgan fingerprint density at radius 2 is 1.76 bits per heavy atom. The van der Waals surface area contributed by atoms with E-state index in [0.29, 0.717) is 43.1 Å². The fourth-order valence-electron chi connectivity index (χ4n) is 3.79. The van der Waals surface area contributed by atoms with Gasteiger partial charge in [-0.05, 0) is 42.7 Å². The molecule has 0 aromatic heterocycles. The van der Waals surface area contributed by atoms with E-state index in [1.165, 1.54) is 4.31 Å². The lowest BCUT2D eigenvalue weighted by Gasteiger charge is -2.32. The second-order valence-electron chi connectivity index (χ2n) is 7.37. The molecule has 0 aliphatic carbocycles. The summed E-state index contributed by atoms with van der Waals surface area (Å²) in [5, 5.41) is 0. The summed E-state index contributed by atoms with van der Waals surface area (Å²) in [4.78, 5) is 14.9. The van der Waals surface area contributed by atoms with Crippen molar-refractivity contribution in [1.82, 2.24) is 9.21 Å². The number of sulfonamides is 1. The number of hydrogen-bond donors (Lipinski definition) is 0. The number of nitrogens with zero attached hydrogens (tertiary/aromatic N) is 2. The minimum Gasteiger partial charge on any atom is -0.454 e. The molecule has 2 heterocycles. The van der Waals surface area contributed by atoms with E-state index in [0.717, 1.165) is 11.3 Å². The molecule has 29 heavy (non-hydrogen) atoms. The van der Waals surface area contributed by atoms with Crippen LogP contribution in [0.5, 0.6) is 11.5 Å². The smallest absolute Gasteiger partial charge is 0.243 e. The third kappa shape index (κ3) is 4.09. The van der Waals surface area contributed by atoms with Gasteiger partial charge in [-0.1, -0.05) is 24.3 Å². The molecule has 8 heteroatoms. The van der Waals surface area contributed by atoms with Crippen LogP contribution in [0.3, 0.4) is 0 Å². The lowest BCUT2D eigenvalue weighted by Crippen LogP contribution is -2.43. The zero-order chi connectivity index (χ0) is 20.4. The lowest BCUT2D eigenvalue weighted by molar-refractivity contribution is -0.135. The van der Waals surface area contributed by atoms with Crippen LogP contribution in [0.2, 0.25) is 0 Å². The summed E-state index contributed by atoms with van der Waals surface area (Å²) in [6, 6.07) is 14.1. The van der Waals surface area contributed by atoms with Crippen molar-refractivity contribution < 1.29 is 22.7 Å². The maximum atomic E-state index is 12.9. The van der Waals surface area contributed by atoms with Crippen molar-refractivity contribution >= 4 is 15.9 Å². The summed E-state index contributed by atoms with van der Waals surface area (Å²) >= 11 is 0. The summed E-state index contributed by atoms with van der Waals surface area (Å²) in [6.07, 6.45) is 1.05. The van der Waals surface area contributed by atoms with Gasteiger partial charge in [0.2, 0.25) is 22.7 Å². The highest BCUT2D eigenvalue weighted by molar-refractivity contribution is 7.89. The van der Waals surface area contributed by atoms with E-state index < -0.39 is 10.0 Å². The van der Waals surface area contributed by atoms with Crippen molar-refractivity contribution in [1.29, 1.82) is 0 Å². The Bertz CT molecular complexity index is 985. The van der Waals surface area contributed by atoms with Crippen LogP contribution < -0.4 is 9.47 Å². The van der Waals surface area contributed by atoms with Gasteiger partial charge < -0.3 is 14.4 Å². The van der Waals surface area contributed by atoms with Crippen LogP contribution in [0.4, 0.5) is 0 Å². The molecule has 2 aromatic carbocycles. The third-order valence-electron chi connectivity index (χ3n) is 5.42. The number of hydrogen-bond acceptors (Lipinski definition) is 5. The monoisotopic (exact) mass is 416 g/mol. The van der Waals surface area contributed by atoms with Gasteiger partial charge in [0.1, 0.15) is 0 Å². The van der Waals surface area contributed by atoms with Crippen molar-refractivity contribution in [3.05, 3.63) is 54.1 Å². The fourth-order valence-corrected chi connectivity index (χ4v) is 5.28. The summed E-state index contributed by atoms with van der Waals surface area (Å²) in [5.74, 6) is 1.29. The minimum absolute atomic E-state index is 0.0411. The molecule has 1 fully saturated rings. The van der Waals surface area contributed by atoms with E-state index in [1.807, 2.05) is 18.2 Å². The molecule has 154 valence electrons. The third-order valence-corrected chi connectivity index (χ3v) is 7.33. The molecule has 0 spiro atoms. The molecule has 0 N–H and O–H groups in total. The highest BCUT2D eigenvalue weighted by Crippen LogP contribution is 2.33. The van der Waals surface area contributed by atoms with Gasteiger partial charge >= 0.3 is 0 Å². The number of rotatable bonds is 5. The van der Waals surface area contributed by atoms with Crippen LogP contribution in [0.15, 0.2) is 53.4 Å². The normalized spacial score (nSPS) is 17.3. The maximum absolute atomic E-state index is 12.9. The molecule has 2 aromatic rings. The van der Waals surface area contributed by atoms with Gasteiger partial charge in [-0.2, -0.15) is 4.31 Å². The Morgan fingerprint density at radius 3 is 2.48 bits per heavy atom. The van der Waals surface area contributed by atoms with Crippen molar-refractivity contribution in [3.63, 3.8) is 0 Å². The quantitative estimate of drug-likeness (QED) is 0.749. The number of carbonyl (C=O) groups excluding carboxylic acids is 1. The van der Waals surface area contributed by atoms with Crippen molar-refractivity contribution in [2.45, 2.75) is 24.3 Å². The number of piperidine rings is 1. The standard InChI is InChI=1S/C21H24N2O5S/c1-22(14-16-7-8-19-20(13-16)28-15-27-19)21(24)17-9-11-23(12-10-17)29(25,26)18-5-3-2-4-6-18/h2-8,13,17H,9-12,14-15H2,1H3. The summed E-state index contributed by atoms with van der Waals surface area (Å²) in [5.41, 5.74) is 0.967. The second-order valence-corrected chi connectivity index (χ2v) is 9.31. The van der Waals surface area contributed by atoms with Crippen LogP contribution in [0, 0.1) is 5.92 Å². The van der Waals surface area contributed by atoms with Gasteiger partial charge in [0, 0.05) is 32.6 Å². The first-order chi connectivity index (χ1) is 13.9. The first-order valence-corrected chi connectivity index (χ1v) is 11.1. The highest BCUT2D eigenvalue weighted by atomic mass is 32.2. The van der Waals surface area contributed by atoms with E-state index >= 15 is 0 Å². The fraction of sp³-hybridized carbons (Fsp3) is 0.381. The highest BCUT2D eigenvalue weighted by Gasteiger charge is 2.33. The average molecular weight is 416 g/mol. The Hall–Kier alpha value is -2.58. The number of fused-ring (bicyclic) bond motifs is 1. The molecule has 0 bridgehead atoms. The van der Waals surface area contributed by atoms with Crippen LogP contribution in [0.25, 0.3) is 0 Å². The van der Waals surface area contributed by atoms with Crippen molar-refractivity contribution in [2.75, 3.05) is 26.9 Å². The Morgan fingerprint density at radius 1 is 1.07 bits per heavy atom. The van der Waals surface area contributed by atoms with Gasteiger partial charge in [-0.15, -0.1) is 0 Å². The summed E-state index contributed by atoms with van der Waals surface area (Å²) in [6.45, 7) is 1.40. The Labute approximate surface area is 170 Å². The molecule has 0 saturated carbocycles. The molecule has 1 saturated heterocycles. The molecular formula is C21H24N2O5S. The van der Waals surface area contributed by atoms with Gasteiger partial charge in [-0.3, -0.25) is 4.79 Å². The Balaban J connectivity index is 1.35.